The highest BCUT2D eigenvalue weighted by Gasteiger charge is 2.49. The summed E-state index contributed by atoms with van der Waals surface area (Å²) in [4.78, 5) is 21.9. The summed E-state index contributed by atoms with van der Waals surface area (Å²) in [6.07, 6.45) is 2.46. The van der Waals surface area contributed by atoms with E-state index in [1.165, 1.54) is 12.1 Å². The summed E-state index contributed by atoms with van der Waals surface area (Å²) in [7, 11) is 0. The van der Waals surface area contributed by atoms with Gasteiger partial charge in [0, 0.05) is 5.56 Å². The van der Waals surface area contributed by atoms with Gasteiger partial charge in [-0.25, -0.2) is 9.59 Å². The Labute approximate surface area is 90.6 Å². The molecule has 2 rings (SSSR count). The van der Waals surface area contributed by atoms with Crippen LogP contribution < -0.4 is 4.74 Å². The molecule has 0 radical (unpaired) electrons. The molecule has 5 heteroatoms. The second-order valence-corrected chi connectivity index (χ2v) is 3.32. The number of para-hydroxylation sites is 1. The number of hydrogen-bond acceptors (Lipinski definition) is 3. The Hall–Kier alpha value is -2.30. The lowest BCUT2D eigenvalue weighted by Gasteiger charge is -2.26. The smallest absolute Gasteiger partial charge is 0.364 e. The standard InChI is InChI=1S/C11H8O5/c12-9(13)11(10(14)15)6-5-7-3-1-2-4-8(7)16-11/h1-6H,(H,12,13)(H,14,15). The van der Waals surface area contributed by atoms with E-state index in [0.29, 0.717) is 5.56 Å². The second-order valence-electron chi connectivity index (χ2n) is 3.32. The lowest BCUT2D eigenvalue weighted by molar-refractivity contribution is -0.167. The van der Waals surface area contributed by atoms with Crippen LogP contribution in [0.25, 0.3) is 6.08 Å². The monoisotopic (exact) mass is 220 g/mol. The molecular formula is C11H8O5. The molecule has 0 atom stereocenters. The molecule has 0 amide bonds. The molecule has 1 aromatic rings. The van der Waals surface area contributed by atoms with Gasteiger partial charge in [0.2, 0.25) is 0 Å². The zero-order valence-electron chi connectivity index (χ0n) is 8.08. The Morgan fingerprint density at radius 1 is 1.12 bits per heavy atom. The highest BCUT2D eigenvalue weighted by molar-refractivity contribution is 6.06. The van der Waals surface area contributed by atoms with Crippen LogP contribution >= 0.6 is 0 Å². The van der Waals surface area contributed by atoms with Gasteiger partial charge < -0.3 is 14.9 Å². The Bertz CT molecular complexity index is 475. The van der Waals surface area contributed by atoms with Crippen LogP contribution in [0.3, 0.4) is 0 Å². The first-order valence-electron chi connectivity index (χ1n) is 4.50. The maximum absolute atomic E-state index is 11.0. The molecule has 0 aromatic heterocycles. The van der Waals surface area contributed by atoms with Gasteiger partial charge in [0.1, 0.15) is 5.75 Å². The first kappa shape index (κ1) is 10.2. The Kier molecular flexibility index (Phi) is 2.16. The minimum absolute atomic E-state index is 0.245. The number of hydrogen-bond donors (Lipinski definition) is 2. The van der Waals surface area contributed by atoms with E-state index in [1.807, 2.05) is 0 Å². The van der Waals surface area contributed by atoms with Gasteiger partial charge >= 0.3 is 17.5 Å². The fraction of sp³-hybridized carbons (Fsp3) is 0.0909. The van der Waals surface area contributed by atoms with Crippen molar-refractivity contribution in [3.63, 3.8) is 0 Å². The molecule has 2 N–H and O–H groups in total. The van der Waals surface area contributed by atoms with Crippen molar-refractivity contribution in [3.8, 4) is 5.75 Å². The molecule has 0 spiro atoms. The first-order chi connectivity index (χ1) is 7.56. The average Bonchev–Trinajstić information content (AvgIpc) is 2.27. The largest absolute Gasteiger partial charge is 0.478 e. The van der Waals surface area contributed by atoms with E-state index in [0.717, 1.165) is 6.08 Å². The van der Waals surface area contributed by atoms with Crippen molar-refractivity contribution in [1.82, 2.24) is 0 Å². The first-order valence-corrected chi connectivity index (χ1v) is 4.50. The van der Waals surface area contributed by atoms with Crippen LogP contribution in [0.2, 0.25) is 0 Å². The van der Waals surface area contributed by atoms with E-state index < -0.39 is 17.5 Å². The fourth-order valence-electron chi connectivity index (χ4n) is 1.45. The highest BCUT2D eigenvalue weighted by atomic mass is 16.6. The zero-order valence-corrected chi connectivity index (χ0v) is 8.08. The lowest BCUT2D eigenvalue weighted by atomic mass is 9.98. The Morgan fingerprint density at radius 3 is 2.38 bits per heavy atom. The summed E-state index contributed by atoms with van der Waals surface area (Å²) in [6.45, 7) is 0. The zero-order chi connectivity index (χ0) is 11.8. The Morgan fingerprint density at radius 2 is 1.75 bits per heavy atom. The number of fused-ring (bicyclic) bond motifs is 1. The van der Waals surface area contributed by atoms with Crippen LogP contribution in [0, 0.1) is 0 Å². The number of carbonyl (C=O) groups is 2. The summed E-state index contributed by atoms with van der Waals surface area (Å²) in [6, 6.07) is 6.63. The number of rotatable bonds is 2. The van der Waals surface area contributed by atoms with Crippen molar-refractivity contribution < 1.29 is 24.5 Å². The molecule has 0 unspecified atom stereocenters. The Balaban J connectivity index is 2.51. The molecule has 5 nitrogen and oxygen atoms in total. The van der Waals surface area contributed by atoms with Crippen LogP contribution in [0.15, 0.2) is 30.3 Å². The molecule has 0 saturated carbocycles. The van der Waals surface area contributed by atoms with Crippen molar-refractivity contribution in [2.24, 2.45) is 0 Å². The van der Waals surface area contributed by atoms with Crippen LogP contribution in [0.1, 0.15) is 5.56 Å². The predicted octanol–water partition coefficient (Wildman–Crippen LogP) is 1.00. The van der Waals surface area contributed by atoms with E-state index in [-0.39, 0.29) is 5.75 Å². The summed E-state index contributed by atoms with van der Waals surface area (Å²) in [5, 5.41) is 17.9. The minimum Gasteiger partial charge on any atom is -0.478 e. The van der Waals surface area contributed by atoms with Crippen LogP contribution in [0.5, 0.6) is 5.75 Å². The quantitative estimate of drug-likeness (QED) is 0.726. The molecule has 0 saturated heterocycles. The van der Waals surface area contributed by atoms with Gasteiger partial charge in [-0.05, 0) is 12.1 Å². The predicted molar refractivity (Wildman–Crippen MR) is 54.1 cm³/mol. The van der Waals surface area contributed by atoms with Gasteiger partial charge in [-0.1, -0.05) is 24.3 Å². The molecule has 0 fully saturated rings. The molecule has 0 bridgehead atoms. The highest BCUT2D eigenvalue weighted by Crippen LogP contribution is 2.31. The van der Waals surface area contributed by atoms with E-state index in [2.05, 4.69) is 0 Å². The van der Waals surface area contributed by atoms with E-state index in [9.17, 15) is 9.59 Å². The fourth-order valence-corrected chi connectivity index (χ4v) is 1.45. The number of benzene rings is 1. The summed E-state index contributed by atoms with van der Waals surface area (Å²) >= 11 is 0. The van der Waals surface area contributed by atoms with Gasteiger partial charge in [0.05, 0.1) is 0 Å². The number of carboxylic acid groups (broad SMARTS) is 2. The molecule has 1 aliphatic heterocycles. The van der Waals surface area contributed by atoms with Crippen molar-refractivity contribution in [1.29, 1.82) is 0 Å². The van der Waals surface area contributed by atoms with Crippen molar-refractivity contribution in [2.45, 2.75) is 5.60 Å². The maximum Gasteiger partial charge on any atom is 0.364 e. The summed E-state index contributed by atoms with van der Waals surface area (Å²) < 4.78 is 5.06. The minimum atomic E-state index is -2.33. The number of carboxylic acids is 2. The lowest BCUT2D eigenvalue weighted by Crippen LogP contribution is -2.51. The third-order valence-corrected chi connectivity index (χ3v) is 2.32. The molecule has 1 aromatic carbocycles. The van der Waals surface area contributed by atoms with Gasteiger partial charge in [0.25, 0.3) is 0 Å². The van der Waals surface area contributed by atoms with Gasteiger partial charge in [-0.15, -0.1) is 0 Å². The normalized spacial score (nSPS) is 16.0. The van der Waals surface area contributed by atoms with Crippen LogP contribution in [-0.4, -0.2) is 27.8 Å². The number of aliphatic carboxylic acids is 2. The van der Waals surface area contributed by atoms with Crippen LogP contribution in [-0.2, 0) is 9.59 Å². The van der Waals surface area contributed by atoms with Gasteiger partial charge in [-0.2, -0.15) is 0 Å². The molecule has 1 heterocycles. The molecule has 0 aliphatic carbocycles. The third-order valence-electron chi connectivity index (χ3n) is 2.32. The van der Waals surface area contributed by atoms with Crippen molar-refractivity contribution in [2.75, 3.05) is 0 Å². The van der Waals surface area contributed by atoms with Gasteiger partial charge in [-0.3, -0.25) is 0 Å². The van der Waals surface area contributed by atoms with E-state index in [1.54, 1.807) is 18.2 Å². The van der Waals surface area contributed by atoms with E-state index >= 15 is 0 Å². The molecule has 82 valence electrons. The second kappa shape index (κ2) is 3.37. The third kappa shape index (κ3) is 1.33. The topological polar surface area (TPSA) is 83.8 Å². The van der Waals surface area contributed by atoms with Crippen LogP contribution in [0.4, 0.5) is 0 Å². The van der Waals surface area contributed by atoms with Crippen molar-refractivity contribution in [3.05, 3.63) is 35.9 Å². The van der Waals surface area contributed by atoms with E-state index in [4.69, 9.17) is 14.9 Å². The summed E-state index contributed by atoms with van der Waals surface area (Å²) in [5.41, 5.74) is -1.67. The molecular weight excluding hydrogens is 212 g/mol. The molecule has 16 heavy (non-hydrogen) atoms. The summed E-state index contributed by atoms with van der Waals surface area (Å²) in [5.74, 6) is -2.86. The van der Waals surface area contributed by atoms with Gasteiger partial charge in [0.15, 0.2) is 0 Å². The van der Waals surface area contributed by atoms with Crippen molar-refractivity contribution >= 4 is 18.0 Å². The average molecular weight is 220 g/mol. The number of ether oxygens (including phenoxy) is 1. The maximum atomic E-state index is 11.0. The SMILES string of the molecule is O=C(O)C1(C(=O)O)C=Cc2ccccc2O1. The molecule has 1 aliphatic rings.